The van der Waals surface area contributed by atoms with Gasteiger partial charge in [-0.2, -0.15) is 9.61 Å². The molecule has 0 fully saturated rings. The van der Waals surface area contributed by atoms with E-state index in [0.717, 1.165) is 4.70 Å². The maximum absolute atomic E-state index is 12.5. The number of nitrogens with one attached hydrogen (secondary N) is 1. The molecule has 0 unspecified atom stereocenters. The summed E-state index contributed by atoms with van der Waals surface area (Å²) in [5.41, 5.74) is 7.22. The smallest absolute Gasteiger partial charge is 0.259 e. The molecule has 22 heavy (non-hydrogen) atoms. The SMILES string of the molecule is Nc1ncc2scc(C(=O)Nc3cnc4cccnn34)c2n1. The first-order valence-corrected chi connectivity index (χ1v) is 7.20. The van der Waals surface area contributed by atoms with Crippen LogP contribution in [0.15, 0.2) is 36.1 Å². The molecule has 0 aliphatic rings. The van der Waals surface area contributed by atoms with Crippen molar-refractivity contribution in [3.63, 3.8) is 0 Å². The second-order valence-electron chi connectivity index (χ2n) is 4.48. The van der Waals surface area contributed by atoms with Gasteiger partial charge >= 0.3 is 0 Å². The van der Waals surface area contributed by atoms with E-state index < -0.39 is 0 Å². The van der Waals surface area contributed by atoms with E-state index >= 15 is 0 Å². The number of nitrogen functional groups attached to an aromatic ring is 1. The Kier molecular flexibility index (Phi) is 2.73. The molecule has 0 aromatic carbocycles. The third-order valence-electron chi connectivity index (χ3n) is 3.10. The minimum atomic E-state index is -0.295. The van der Waals surface area contributed by atoms with Gasteiger partial charge in [0.1, 0.15) is 0 Å². The number of rotatable bonds is 2. The number of anilines is 2. The molecule has 3 N–H and O–H groups in total. The standard InChI is InChI=1S/C13H9N7OS/c14-13-16-4-8-11(19-13)7(6-22-8)12(21)18-10-5-15-9-2-1-3-17-20(9)10/h1-6H,(H,18,21)(H2,14,16,19). The van der Waals surface area contributed by atoms with Crippen LogP contribution in [0.5, 0.6) is 0 Å². The molecule has 4 heterocycles. The molecule has 9 heteroatoms. The van der Waals surface area contributed by atoms with E-state index in [9.17, 15) is 4.79 Å². The zero-order chi connectivity index (χ0) is 15.1. The van der Waals surface area contributed by atoms with E-state index in [1.807, 2.05) is 0 Å². The fraction of sp³-hybridized carbons (Fsp3) is 0. The van der Waals surface area contributed by atoms with Crippen molar-refractivity contribution in [3.05, 3.63) is 41.7 Å². The average Bonchev–Trinajstić information content (AvgIpc) is 3.11. The van der Waals surface area contributed by atoms with Crippen molar-refractivity contribution in [2.24, 2.45) is 0 Å². The number of thiophene rings is 1. The minimum absolute atomic E-state index is 0.136. The monoisotopic (exact) mass is 311 g/mol. The molecule has 0 aliphatic carbocycles. The Balaban J connectivity index is 1.73. The van der Waals surface area contributed by atoms with Gasteiger partial charge in [-0.15, -0.1) is 11.3 Å². The summed E-state index contributed by atoms with van der Waals surface area (Å²) in [5.74, 6) is 0.329. The number of amides is 1. The Labute approximate surface area is 127 Å². The fourth-order valence-corrected chi connectivity index (χ4v) is 2.95. The van der Waals surface area contributed by atoms with Gasteiger partial charge in [0.05, 0.1) is 28.2 Å². The van der Waals surface area contributed by atoms with Crippen molar-refractivity contribution in [1.82, 2.24) is 24.6 Å². The normalized spacial score (nSPS) is 11.1. The summed E-state index contributed by atoms with van der Waals surface area (Å²) in [5, 5.41) is 8.66. The number of aromatic nitrogens is 5. The Morgan fingerprint density at radius 2 is 2.23 bits per heavy atom. The zero-order valence-corrected chi connectivity index (χ0v) is 11.9. The van der Waals surface area contributed by atoms with Crippen LogP contribution < -0.4 is 11.1 Å². The molecule has 4 aromatic heterocycles. The highest BCUT2D eigenvalue weighted by atomic mass is 32.1. The number of fused-ring (bicyclic) bond motifs is 2. The van der Waals surface area contributed by atoms with Gasteiger partial charge in [-0.1, -0.05) is 0 Å². The molecule has 0 aliphatic heterocycles. The molecule has 108 valence electrons. The number of carbonyl (C=O) groups excluding carboxylic acids is 1. The molecule has 0 bridgehead atoms. The Morgan fingerprint density at radius 1 is 1.32 bits per heavy atom. The van der Waals surface area contributed by atoms with Crippen molar-refractivity contribution < 1.29 is 4.79 Å². The van der Waals surface area contributed by atoms with Gasteiger partial charge in [-0.25, -0.2) is 15.0 Å². The van der Waals surface area contributed by atoms with Crippen LogP contribution in [0.1, 0.15) is 10.4 Å². The third-order valence-corrected chi connectivity index (χ3v) is 4.00. The van der Waals surface area contributed by atoms with E-state index in [1.165, 1.54) is 11.3 Å². The summed E-state index contributed by atoms with van der Waals surface area (Å²) < 4.78 is 2.35. The topological polar surface area (TPSA) is 111 Å². The van der Waals surface area contributed by atoms with Crippen LogP contribution in [0.25, 0.3) is 15.9 Å². The molecule has 8 nitrogen and oxygen atoms in total. The molecule has 0 spiro atoms. The Morgan fingerprint density at radius 3 is 3.14 bits per heavy atom. The van der Waals surface area contributed by atoms with Crippen LogP contribution in [0.3, 0.4) is 0 Å². The van der Waals surface area contributed by atoms with Gasteiger partial charge < -0.3 is 11.1 Å². The molecular weight excluding hydrogens is 302 g/mol. The third kappa shape index (κ3) is 1.95. The van der Waals surface area contributed by atoms with Gasteiger partial charge in [-0.05, 0) is 12.1 Å². The molecule has 0 atom stereocenters. The highest BCUT2D eigenvalue weighted by Gasteiger charge is 2.16. The van der Waals surface area contributed by atoms with Crippen molar-refractivity contribution in [2.45, 2.75) is 0 Å². The minimum Gasteiger partial charge on any atom is -0.368 e. The predicted octanol–water partition coefficient (Wildman–Crippen LogP) is 1.57. The summed E-state index contributed by atoms with van der Waals surface area (Å²) in [6.45, 7) is 0. The summed E-state index contributed by atoms with van der Waals surface area (Å²) in [7, 11) is 0. The Hall–Kier alpha value is -3.07. The summed E-state index contributed by atoms with van der Waals surface area (Å²) >= 11 is 1.39. The molecule has 4 aromatic rings. The largest absolute Gasteiger partial charge is 0.368 e. The van der Waals surface area contributed by atoms with Crippen LogP contribution in [0.4, 0.5) is 11.8 Å². The van der Waals surface area contributed by atoms with E-state index in [0.29, 0.717) is 22.5 Å². The van der Waals surface area contributed by atoms with Gasteiger partial charge in [0, 0.05) is 11.6 Å². The van der Waals surface area contributed by atoms with E-state index in [2.05, 4.69) is 25.4 Å². The van der Waals surface area contributed by atoms with Crippen LogP contribution in [-0.2, 0) is 0 Å². The molecule has 0 radical (unpaired) electrons. The average molecular weight is 311 g/mol. The number of imidazole rings is 1. The zero-order valence-electron chi connectivity index (χ0n) is 11.1. The quantitative estimate of drug-likeness (QED) is 0.581. The maximum Gasteiger partial charge on any atom is 0.259 e. The first kappa shape index (κ1) is 12.7. The number of hydrogen-bond acceptors (Lipinski definition) is 7. The number of nitrogens with two attached hydrogens (primary N) is 1. The molecule has 1 amide bonds. The predicted molar refractivity (Wildman–Crippen MR) is 82.8 cm³/mol. The molecule has 0 saturated carbocycles. The van der Waals surface area contributed by atoms with Crippen LogP contribution in [-0.4, -0.2) is 30.5 Å². The summed E-state index contributed by atoms with van der Waals surface area (Å²) in [6.07, 6.45) is 4.78. The lowest BCUT2D eigenvalue weighted by atomic mass is 10.2. The highest BCUT2D eigenvalue weighted by Crippen LogP contribution is 2.25. The van der Waals surface area contributed by atoms with Gasteiger partial charge in [0.2, 0.25) is 5.95 Å². The molecule has 4 rings (SSSR count). The van der Waals surface area contributed by atoms with Crippen molar-refractivity contribution >= 4 is 44.9 Å². The van der Waals surface area contributed by atoms with Crippen LogP contribution in [0.2, 0.25) is 0 Å². The maximum atomic E-state index is 12.5. The van der Waals surface area contributed by atoms with Gasteiger partial charge in [0.15, 0.2) is 11.5 Å². The fourth-order valence-electron chi connectivity index (χ4n) is 2.10. The summed E-state index contributed by atoms with van der Waals surface area (Å²) in [4.78, 5) is 24.7. The van der Waals surface area contributed by atoms with Gasteiger partial charge in [0.25, 0.3) is 5.91 Å². The van der Waals surface area contributed by atoms with Crippen LogP contribution >= 0.6 is 11.3 Å². The molecule has 0 saturated heterocycles. The lowest BCUT2D eigenvalue weighted by molar-refractivity contribution is 0.102. The number of nitrogens with zero attached hydrogens (tertiary/aromatic N) is 5. The second kappa shape index (κ2) is 4.74. The lowest BCUT2D eigenvalue weighted by Crippen LogP contribution is -2.14. The second-order valence-corrected chi connectivity index (χ2v) is 5.39. The van der Waals surface area contributed by atoms with Gasteiger partial charge in [-0.3, -0.25) is 4.79 Å². The van der Waals surface area contributed by atoms with E-state index in [-0.39, 0.29) is 11.9 Å². The van der Waals surface area contributed by atoms with Crippen molar-refractivity contribution in [1.29, 1.82) is 0 Å². The first-order chi connectivity index (χ1) is 10.7. The van der Waals surface area contributed by atoms with Crippen molar-refractivity contribution in [3.8, 4) is 0 Å². The van der Waals surface area contributed by atoms with Crippen molar-refractivity contribution in [2.75, 3.05) is 11.1 Å². The summed E-state index contributed by atoms with van der Waals surface area (Å²) in [6, 6.07) is 3.58. The number of carbonyl (C=O) groups is 1. The lowest BCUT2D eigenvalue weighted by Gasteiger charge is -2.03. The first-order valence-electron chi connectivity index (χ1n) is 6.32. The molecular formula is C13H9N7OS. The Bertz CT molecular complexity index is 1010. The van der Waals surface area contributed by atoms with Crippen LogP contribution in [0, 0.1) is 0 Å². The van der Waals surface area contributed by atoms with E-state index in [1.54, 1.807) is 40.6 Å². The number of hydrogen-bond donors (Lipinski definition) is 2. The van der Waals surface area contributed by atoms with E-state index in [4.69, 9.17) is 5.73 Å². The highest BCUT2D eigenvalue weighted by molar-refractivity contribution is 7.17.